The molecule has 1 unspecified atom stereocenters. The number of non-ortho nitro benzene ring substituents is 1. The summed E-state index contributed by atoms with van der Waals surface area (Å²) in [5.74, 6) is -0.716. The van der Waals surface area contributed by atoms with Crippen molar-refractivity contribution in [3.05, 3.63) is 74.8 Å². The van der Waals surface area contributed by atoms with Gasteiger partial charge in [0.1, 0.15) is 5.82 Å². The van der Waals surface area contributed by atoms with Gasteiger partial charge in [-0.05, 0) is 31.5 Å². The van der Waals surface area contributed by atoms with Gasteiger partial charge in [-0.15, -0.1) is 0 Å². The summed E-state index contributed by atoms with van der Waals surface area (Å²) in [5, 5.41) is 13.8. The van der Waals surface area contributed by atoms with Gasteiger partial charge in [0.05, 0.1) is 15.8 Å². The Morgan fingerprint density at radius 1 is 1.23 bits per heavy atom. The number of fused-ring (bicyclic) bond motifs is 1. The summed E-state index contributed by atoms with van der Waals surface area (Å²) in [7, 11) is 0. The molecule has 0 bridgehead atoms. The third-order valence-electron chi connectivity index (χ3n) is 4.46. The lowest BCUT2D eigenvalue weighted by atomic mass is 10.2. The van der Waals surface area contributed by atoms with E-state index in [9.17, 15) is 24.5 Å². The van der Waals surface area contributed by atoms with Crippen LogP contribution in [0.3, 0.4) is 0 Å². The predicted octanol–water partition coefficient (Wildman–Crippen LogP) is 2.72. The van der Waals surface area contributed by atoms with Crippen molar-refractivity contribution in [2.24, 2.45) is 0 Å². The van der Waals surface area contributed by atoms with Gasteiger partial charge in [0.15, 0.2) is 6.10 Å². The Morgan fingerprint density at radius 2 is 2.00 bits per heavy atom. The smallest absolute Gasteiger partial charge is 0.306 e. The van der Waals surface area contributed by atoms with Gasteiger partial charge >= 0.3 is 5.97 Å². The Hall–Kier alpha value is -4.08. The van der Waals surface area contributed by atoms with Crippen molar-refractivity contribution in [2.45, 2.75) is 32.3 Å². The van der Waals surface area contributed by atoms with Crippen LogP contribution in [0, 0.1) is 10.1 Å². The molecule has 2 aromatic carbocycles. The fraction of sp³-hybridized carbons (Fsp3) is 0.238. The van der Waals surface area contributed by atoms with Gasteiger partial charge in [-0.1, -0.05) is 18.2 Å². The number of benzene rings is 2. The molecule has 10 heteroatoms. The van der Waals surface area contributed by atoms with Crippen LogP contribution in [0.1, 0.15) is 25.6 Å². The average molecular weight is 424 g/mol. The second-order valence-corrected chi connectivity index (χ2v) is 6.81. The van der Waals surface area contributed by atoms with Gasteiger partial charge in [-0.2, -0.15) is 0 Å². The number of carbonyl (C=O) groups excluding carboxylic acids is 2. The molecule has 0 fully saturated rings. The molecule has 10 nitrogen and oxygen atoms in total. The van der Waals surface area contributed by atoms with E-state index in [4.69, 9.17) is 4.74 Å². The van der Waals surface area contributed by atoms with Crippen LogP contribution in [-0.4, -0.2) is 32.9 Å². The molecular weight excluding hydrogens is 404 g/mol. The number of hydrogen-bond acceptors (Lipinski definition) is 7. The number of nitro groups is 1. The summed E-state index contributed by atoms with van der Waals surface area (Å²) in [6.07, 6.45) is -0.307. The second-order valence-electron chi connectivity index (χ2n) is 6.81. The molecule has 3 aromatic rings. The number of amides is 1. The van der Waals surface area contributed by atoms with Gasteiger partial charge in [0, 0.05) is 30.7 Å². The van der Waals surface area contributed by atoms with Crippen molar-refractivity contribution >= 4 is 34.2 Å². The van der Waals surface area contributed by atoms with E-state index in [-0.39, 0.29) is 23.4 Å². The number of nitrogens with zero attached hydrogens (tertiary/aromatic N) is 2. The van der Waals surface area contributed by atoms with Gasteiger partial charge in [-0.25, -0.2) is 4.98 Å². The molecule has 0 radical (unpaired) electrons. The summed E-state index contributed by atoms with van der Waals surface area (Å²) < 4.78 is 5.12. The summed E-state index contributed by atoms with van der Waals surface area (Å²) in [6, 6.07) is 12.4. The molecule has 3 rings (SSSR count). The number of nitro benzene ring substituents is 1. The van der Waals surface area contributed by atoms with E-state index in [1.165, 1.54) is 31.2 Å². The first-order valence-electron chi connectivity index (χ1n) is 9.56. The van der Waals surface area contributed by atoms with Crippen LogP contribution >= 0.6 is 0 Å². The third-order valence-corrected chi connectivity index (χ3v) is 4.46. The number of ether oxygens (including phenoxy) is 1. The largest absolute Gasteiger partial charge is 0.453 e. The normalized spacial score (nSPS) is 11.6. The van der Waals surface area contributed by atoms with Gasteiger partial charge in [0.25, 0.3) is 17.2 Å². The first-order chi connectivity index (χ1) is 14.8. The Labute approximate surface area is 176 Å². The fourth-order valence-electron chi connectivity index (χ4n) is 2.90. The molecule has 1 atom stereocenters. The van der Waals surface area contributed by atoms with E-state index >= 15 is 0 Å². The van der Waals surface area contributed by atoms with Crippen LogP contribution in [0.5, 0.6) is 0 Å². The highest BCUT2D eigenvalue weighted by Crippen LogP contribution is 2.17. The predicted molar refractivity (Wildman–Crippen MR) is 113 cm³/mol. The number of aromatic nitrogens is 2. The zero-order chi connectivity index (χ0) is 22.4. The molecule has 2 N–H and O–H groups in total. The molecule has 31 heavy (non-hydrogen) atoms. The van der Waals surface area contributed by atoms with Crippen molar-refractivity contribution in [3.8, 4) is 0 Å². The van der Waals surface area contributed by atoms with Crippen molar-refractivity contribution in [3.63, 3.8) is 0 Å². The first kappa shape index (κ1) is 21.6. The fourth-order valence-corrected chi connectivity index (χ4v) is 2.90. The Kier molecular flexibility index (Phi) is 6.71. The summed E-state index contributed by atoms with van der Waals surface area (Å²) in [4.78, 5) is 53.6. The molecule has 1 amide bonds. The minimum absolute atomic E-state index is 0.0327. The standard InChI is InChI=1S/C21H20N4O6/c1-13(20(27)22-14-6-4-7-15(12-14)25(29)30)31-19(26)11-5-10-18-23-17-9-3-2-8-16(17)21(28)24-18/h2-4,6-9,12-13H,5,10-11H2,1H3,(H,22,27)(H,23,24,28). The number of rotatable bonds is 8. The molecule has 0 aliphatic heterocycles. The highest BCUT2D eigenvalue weighted by Gasteiger charge is 2.18. The van der Waals surface area contributed by atoms with E-state index < -0.39 is 22.9 Å². The third kappa shape index (κ3) is 5.72. The molecule has 0 aliphatic rings. The van der Waals surface area contributed by atoms with Crippen LogP contribution in [0.15, 0.2) is 53.3 Å². The Balaban J connectivity index is 1.49. The number of hydrogen-bond donors (Lipinski definition) is 2. The SMILES string of the molecule is CC(OC(=O)CCCc1nc2ccccc2c(=O)[nH]1)C(=O)Nc1cccc([N+](=O)[O-])c1. The highest BCUT2D eigenvalue weighted by atomic mass is 16.6. The number of nitrogens with one attached hydrogen (secondary N) is 2. The van der Waals surface area contributed by atoms with Crippen LogP contribution in [0.2, 0.25) is 0 Å². The molecule has 0 saturated carbocycles. The monoisotopic (exact) mass is 424 g/mol. The van der Waals surface area contributed by atoms with Crippen LogP contribution < -0.4 is 10.9 Å². The van der Waals surface area contributed by atoms with Gasteiger partial charge < -0.3 is 15.0 Å². The summed E-state index contributed by atoms with van der Waals surface area (Å²) in [6.45, 7) is 1.41. The quantitative estimate of drug-likeness (QED) is 0.321. The highest BCUT2D eigenvalue weighted by molar-refractivity contribution is 5.95. The van der Waals surface area contributed by atoms with E-state index in [2.05, 4.69) is 15.3 Å². The lowest BCUT2D eigenvalue weighted by molar-refractivity contribution is -0.384. The van der Waals surface area contributed by atoms with E-state index in [1.54, 1.807) is 24.3 Å². The molecule has 1 aromatic heterocycles. The first-order valence-corrected chi connectivity index (χ1v) is 9.56. The summed E-state index contributed by atoms with van der Waals surface area (Å²) in [5.41, 5.74) is 0.404. The maximum Gasteiger partial charge on any atom is 0.306 e. The van der Waals surface area contributed by atoms with Crippen molar-refractivity contribution in [2.75, 3.05) is 5.32 Å². The number of aryl methyl sites for hydroxylation is 1. The number of aromatic amines is 1. The zero-order valence-electron chi connectivity index (χ0n) is 16.7. The number of para-hydroxylation sites is 1. The van der Waals surface area contributed by atoms with E-state index in [0.29, 0.717) is 29.6 Å². The molecule has 0 spiro atoms. The summed E-state index contributed by atoms with van der Waals surface area (Å²) >= 11 is 0. The van der Waals surface area contributed by atoms with E-state index in [0.717, 1.165) is 0 Å². The lowest BCUT2D eigenvalue weighted by Gasteiger charge is -2.13. The maximum absolute atomic E-state index is 12.2. The lowest BCUT2D eigenvalue weighted by Crippen LogP contribution is -2.30. The molecule has 0 aliphatic carbocycles. The van der Waals surface area contributed by atoms with Crippen molar-refractivity contribution in [1.82, 2.24) is 9.97 Å². The topological polar surface area (TPSA) is 144 Å². The van der Waals surface area contributed by atoms with Crippen molar-refractivity contribution in [1.29, 1.82) is 0 Å². The van der Waals surface area contributed by atoms with Crippen LogP contribution in [-0.2, 0) is 20.7 Å². The Bertz CT molecular complexity index is 1190. The van der Waals surface area contributed by atoms with Crippen LogP contribution in [0.4, 0.5) is 11.4 Å². The van der Waals surface area contributed by atoms with Gasteiger partial charge in [-0.3, -0.25) is 24.5 Å². The molecule has 1 heterocycles. The average Bonchev–Trinajstić information content (AvgIpc) is 2.74. The zero-order valence-corrected chi connectivity index (χ0v) is 16.7. The number of H-pyrrole nitrogens is 1. The molecular formula is C21H20N4O6. The number of carbonyl (C=O) groups is 2. The molecule has 160 valence electrons. The minimum Gasteiger partial charge on any atom is -0.453 e. The Morgan fingerprint density at radius 3 is 2.77 bits per heavy atom. The number of anilines is 1. The maximum atomic E-state index is 12.2. The minimum atomic E-state index is -1.08. The van der Waals surface area contributed by atoms with Crippen LogP contribution in [0.25, 0.3) is 10.9 Å². The van der Waals surface area contributed by atoms with Crippen molar-refractivity contribution < 1.29 is 19.2 Å². The number of esters is 1. The molecule has 0 saturated heterocycles. The van der Waals surface area contributed by atoms with Gasteiger partial charge in [0.2, 0.25) is 0 Å². The van der Waals surface area contributed by atoms with E-state index in [1.807, 2.05) is 0 Å². The second kappa shape index (κ2) is 9.61.